The van der Waals surface area contributed by atoms with Crippen molar-refractivity contribution in [1.82, 2.24) is 10.3 Å². The summed E-state index contributed by atoms with van der Waals surface area (Å²) in [7, 11) is 0. The van der Waals surface area contributed by atoms with Crippen molar-refractivity contribution in [3.05, 3.63) is 69.9 Å². The van der Waals surface area contributed by atoms with Crippen LogP contribution < -0.4 is 10.1 Å². The molecule has 3 aromatic rings. The highest BCUT2D eigenvalue weighted by molar-refractivity contribution is 7.13. The molecular weight excluding hydrogens is 427 g/mol. The first kappa shape index (κ1) is 20.8. The Morgan fingerprint density at radius 1 is 1.33 bits per heavy atom. The van der Waals surface area contributed by atoms with Gasteiger partial charge in [0.05, 0.1) is 11.1 Å². The van der Waals surface area contributed by atoms with Crippen LogP contribution in [0.2, 0.25) is 5.02 Å². The molecule has 0 bridgehead atoms. The highest BCUT2D eigenvalue weighted by Gasteiger charge is 2.18. The van der Waals surface area contributed by atoms with Crippen LogP contribution >= 0.6 is 22.9 Å². The lowest BCUT2D eigenvalue weighted by Gasteiger charge is -2.10. The molecule has 1 aromatic heterocycles. The number of rotatable bonds is 7. The quantitative estimate of drug-likeness (QED) is 0.549. The fraction of sp³-hybridized carbons (Fsp3) is 0.273. The molecule has 2 heterocycles. The minimum Gasteiger partial charge on any atom is -0.489 e. The van der Waals surface area contributed by atoms with E-state index in [4.69, 9.17) is 21.1 Å². The average molecular weight is 447 g/mol. The SMILES string of the molecule is O=C(NCC1CCCO1)c1csc(-c2cccc(OCc3c(F)cccc3Cl)c2)n1. The van der Waals surface area contributed by atoms with Gasteiger partial charge in [0, 0.05) is 29.7 Å². The van der Waals surface area contributed by atoms with E-state index < -0.39 is 5.82 Å². The summed E-state index contributed by atoms with van der Waals surface area (Å²) in [5.41, 5.74) is 1.50. The second kappa shape index (κ2) is 9.55. The molecule has 156 valence electrons. The third kappa shape index (κ3) is 4.98. The minimum absolute atomic E-state index is 0.0176. The molecule has 0 spiro atoms. The number of nitrogens with one attached hydrogen (secondary N) is 1. The zero-order valence-corrected chi connectivity index (χ0v) is 17.6. The molecule has 0 saturated carbocycles. The average Bonchev–Trinajstić information content (AvgIpc) is 3.44. The molecule has 1 aliphatic heterocycles. The predicted molar refractivity (Wildman–Crippen MR) is 115 cm³/mol. The number of nitrogens with zero attached hydrogens (tertiary/aromatic N) is 1. The number of hydrogen-bond acceptors (Lipinski definition) is 5. The largest absolute Gasteiger partial charge is 0.489 e. The Bertz CT molecular complexity index is 1020. The van der Waals surface area contributed by atoms with Crippen molar-refractivity contribution < 1.29 is 18.7 Å². The van der Waals surface area contributed by atoms with E-state index in [9.17, 15) is 9.18 Å². The van der Waals surface area contributed by atoms with Gasteiger partial charge in [-0.25, -0.2) is 9.37 Å². The first-order valence-corrected chi connectivity index (χ1v) is 10.9. The standard InChI is InChI=1S/C22H20ClFN2O3S/c23-18-7-2-8-19(24)17(18)12-29-15-5-1-4-14(10-15)22-26-20(13-30-22)21(27)25-11-16-6-3-9-28-16/h1-2,4-5,7-8,10,13,16H,3,6,9,11-12H2,(H,25,27). The number of ether oxygens (including phenoxy) is 2. The molecule has 1 amide bonds. The van der Waals surface area contributed by atoms with Gasteiger partial charge >= 0.3 is 0 Å². The van der Waals surface area contributed by atoms with Gasteiger partial charge in [0.2, 0.25) is 0 Å². The van der Waals surface area contributed by atoms with Gasteiger partial charge in [-0.2, -0.15) is 0 Å². The van der Waals surface area contributed by atoms with E-state index in [0.717, 1.165) is 25.0 Å². The molecule has 2 aromatic carbocycles. The van der Waals surface area contributed by atoms with Gasteiger partial charge in [-0.05, 0) is 37.1 Å². The van der Waals surface area contributed by atoms with Gasteiger partial charge in [-0.15, -0.1) is 11.3 Å². The Morgan fingerprint density at radius 3 is 3.00 bits per heavy atom. The number of amides is 1. The Kier molecular flexibility index (Phi) is 6.62. The van der Waals surface area contributed by atoms with E-state index in [1.54, 1.807) is 23.6 Å². The molecule has 1 aliphatic rings. The van der Waals surface area contributed by atoms with E-state index in [1.807, 2.05) is 18.2 Å². The summed E-state index contributed by atoms with van der Waals surface area (Å²) in [4.78, 5) is 16.8. The molecule has 5 nitrogen and oxygen atoms in total. The molecule has 1 atom stereocenters. The third-order valence-electron chi connectivity index (χ3n) is 4.78. The van der Waals surface area contributed by atoms with Gasteiger partial charge in [0.25, 0.3) is 5.91 Å². The Balaban J connectivity index is 1.40. The lowest BCUT2D eigenvalue weighted by molar-refractivity contribution is 0.0854. The molecule has 4 rings (SSSR count). The van der Waals surface area contributed by atoms with Gasteiger partial charge < -0.3 is 14.8 Å². The number of aromatic nitrogens is 1. The molecule has 1 fully saturated rings. The van der Waals surface area contributed by atoms with Crippen molar-refractivity contribution in [3.8, 4) is 16.3 Å². The number of thiazole rings is 1. The minimum atomic E-state index is -0.405. The smallest absolute Gasteiger partial charge is 0.270 e. The normalized spacial score (nSPS) is 15.9. The van der Waals surface area contributed by atoms with E-state index in [2.05, 4.69) is 10.3 Å². The summed E-state index contributed by atoms with van der Waals surface area (Å²) in [6, 6.07) is 11.8. The summed E-state index contributed by atoms with van der Waals surface area (Å²) in [6.45, 7) is 1.26. The Morgan fingerprint density at radius 2 is 2.20 bits per heavy atom. The summed E-state index contributed by atoms with van der Waals surface area (Å²) < 4.78 is 25.2. The highest BCUT2D eigenvalue weighted by Crippen LogP contribution is 2.28. The van der Waals surface area contributed by atoms with E-state index >= 15 is 0 Å². The molecule has 8 heteroatoms. The molecule has 0 aliphatic carbocycles. The van der Waals surface area contributed by atoms with Crippen LogP contribution in [-0.2, 0) is 11.3 Å². The van der Waals surface area contributed by atoms with Crippen molar-refractivity contribution in [3.63, 3.8) is 0 Å². The first-order chi connectivity index (χ1) is 14.6. The monoisotopic (exact) mass is 446 g/mol. The van der Waals surface area contributed by atoms with Crippen LogP contribution in [0.15, 0.2) is 47.8 Å². The van der Waals surface area contributed by atoms with Gasteiger partial charge in [0.15, 0.2) is 0 Å². The fourth-order valence-electron chi connectivity index (χ4n) is 3.16. The van der Waals surface area contributed by atoms with Gasteiger partial charge in [-0.1, -0.05) is 29.8 Å². The third-order valence-corrected chi connectivity index (χ3v) is 6.02. The number of carbonyl (C=O) groups is 1. The van der Waals surface area contributed by atoms with Crippen LogP contribution in [0, 0.1) is 5.82 Å². The second-order valence-electron chi connectivity index (χ2n) is 6.90. The van der Waals surface area contributed by atoms with Crippen LogP contribution in [0.1, 0.15) is 28.9 Å². The van der Waals surface area contributed by atoms with Crippen LogP contribution in [0.3, 0.4) is 0 Å². The topological polar surface area (TPSA) is 60.5 Å². The van der Waals surface area contributed by atoms with E-state index in [1.165, 1.54) is 17.4 Å². The van der Waals surface area contributed by atoms with Crippen molar-refractivity contribution in [1.29, 1.82) is 0 Å². The lowest BCUT2D eigenvalue weighted by atomic mass is 10.2. The maximum atomic E-state index is 13.9. The van der Waals surface area contributed by atoms with Gasteiger partial charge in [-0.3, -0.25) is 4.79 Å². The molecule has 30 heavy (non-hydrogen) atoms. The maximum absolute atomic E-state index is 13.9. The number of halogens is 2. The summed E-state index contributed by atoms with van der Waals surface area (Å²) in [6.07, 6.45) is 2.08. The Labute approximate surface area is 182 Å². The Hall–Kier alpha value is -2.48. The predicted octanol–water partition coefficient (Wildman–Crippen LogP) is 5.09. The summed E-state index contributed by atoms with van der Waals surface area (Å²) >= 11 is 7.43. The van der Waals surface area contributed by atoms with Crippen LogP contribution in [0.4, 0.5) is 4.39 Å². The lowest BCUT2D eigenvalue weighted by Crippen LogP contribution is -2.31. The zero-order valence-electron chi connectivity index (χ0n) is 16.1. The second-order valence-corrected chi connectivity index (χ2v) is 8.16. The molecule has 1 unspecified atom stereocenters. The summed E-state index contributed by atoms with van der Waals surface area (Å²) in [5.74, 6) is -0.0572. The molecule has 0 radical (unpaired) electrons. The number of benzene rings is 2. The van der Waals surface area contributed by atoms with Gasteiger partial charge in [0.1, 0.15) is 28.9 Å². The maximum Gasteiger partial charge on any atom is 0.270 e. The van der Waals surface area contributed by atoms with Crippen LogP contribution in [-0.4, -0.2) is 30.1 Å². The summed E-state index contributed by atoms with van der Waals surface area (Å²) in [5, 5.41) is 5.63. The number of hydrogen-bond donors (Lipinski definition) is 1. The van der Waals surface area contributed by atoms with Crippen molar-refractivity contribution in [2.24, 2.45) is 0 Å². The molecule has 1 saturated heterocycles. The van der Waals surface area contributed by atoms with Crippen molar-refractivity contribution in [2.75, 3.05) is 13.2 Å². The first-order valence-electron chi connectivity index (χ1n) is 9.61. The van der Waals surface area contributed by atoms with E-state index in [-0.39, 0.29) is 18.6 Å². The van der Waals surface area contributed by atoms with E-state index in [0.29, 0.717) is 33.6 Å². The highest BCUT2D eigenvalue weighted by atomic mass is 35.5. The fourth-order valence-corrected chi connectivity index (χ4v) is 4.17. The zero-order chi connectivity index (χ0) is 20.9. The van der Waals surface area contributed by atoms with Crippen molar-refractivity contribution >= 4 is 28.8 Å². The van der Waals surface area contributed by atoms with Crippen LogP contribution in [0.5, 0.6) is 5.75 Å². The number of carbonyl (C=O) groups excluding carboxylic acids is 1. The van der Waals surface area contributed by atoms with Crippen molar-refractivity contribution in [2.45, 2.75) is 25.6 Å². The van der Waals surface area contributed by atoms with Crippen LogP contribution in [0.25, 0.3) is 10.6 Å². The molecule has 1 N–H and O–H groups in total. The molecular formula is C22H20ClFN2O3S.